The lowest BCUT2D eigenvalue weighted by Gasteiger charge is -2.19. The highest BCUT2D eigenvalue weighted by Crippen LogP contribution is 2.30. The molecule has 1 aromatic heterocycles. The molecule has 1 heterocycles. The summed E-state index contributed by atoms with van der Waals surface area (Å²) in [6.45, 7) is 4.59. The van der Waals surface area contributed by atoms with Gasteiger partial charge in [-0.3, -0.25) is 0 Å². The van der Waals surface area contributed by atoms with Gasteiger partial charge in [0.05, 0.1) is 12.1 Å². The molecule has 0 atom stereocenters. The number of nitrogens with one attached hydrogen (secondary N) is 1. The van der Waals surface area contributed by atoms with Gasteiger partial charge in [-0.1, -0.05) is 19.9 Å². The third kappa shape index (κ3) is 4.43. The van der Waals surface area contributed by atoms with Gasteiger partial charge in [0.1, 0.15) is 11.3 Å². The molecule has 8 heteroatoms. The van der Waals surface area contributed by atoms with Crippen molar-refractivity contribution in [1.82, 2.24) is 10.3 Å². The van der Waals surface area contributed by atoms with Crippen molar-refractivity contribution in [3.63, 3.8) is 0 Å². The summed E-state index contributed by atoms with van der Waals surface area (Å²) in [4.78, 5) is 14.6. The maximum Gasteiger partial charge on any atom is 0.424 e. The molecular weight excluding hydrogens is 322 g/mol. The molecule has 0 aliphatic heterocycles. The third-order valence-corrected chi connectivity index (χ3v) is 3.26. The van der Waals surface area contributed by atoms with E-state index in [-0.39, 0.29) is 5.75 Å². The number of amides is 1. The zero-order chi connectivity index (χ0) is 17.7. The minimum Gasteiger partial charge on any atom is -0.465 e. The van der Waals surface area contributed by atoms with E-state index in [1.165, 1.54) is 18.2 Å². The Morgan fingerprint density at radius 3 is 2.92 bits per heavy atom. The number of fused-ring (bicyclic) bond motifs is 1. The lowest BCUT2D eigenvalue weighted by atomic mass is 10.2. The van der Waals surface area contributed by atoms with Crippen molar-refractivity contribution in [1.29, 1.82) is 0 Å². The van der Waals surface area contributed by atoms with E-state index in [1.54, 1.807) is 0 Å². The lowest BCUT2D eigenvalue weighted by molar-refractivity contribution is -0.142. The monoisotopic (exact) mass is 340 g/mol. The highest BCUT2D eigenvalue weighted by atomic mass is 19.3. The first-order valence-electron chi connectivity index (χ1n) is 7.43. The molecule has 2 rings (SSSR count). The van der Waals surface area contributed by atoms with E-state index in [2.05, 4.69) is 16.3 Å². The summed E-state index contributed by atoms with van der Waals surface area (Å²) < 4.78 is 38.0. The third-order valence-electron chi connectivity index (χ3n) is 3.26. The Balaban J connectivity index is 2.10. The van der Waals surface area contributed by atoms with Crippen LogP contribution in [0.15, 0.2) is 34.8 Å². The van der Waals surface area contributed by atoms with Gasteiger partial charge >= 0.3 is 12.2 Å². The average Bonchev–Trinajstić information content (AvgIpc) is 2.92. The number of aryl methyl sites for hydroxylation is 1. The van der Waals surface area contributed by atoms with Crippen LogP contribution >= 0.6 is 0 Å². The molecule has 2 N–H and O–H groups in total. The van der Waals surface area contributed by atoms with Gasteiger partial charge in [-0.15, -0.1) is 0 Å². The SMILES string of the molecule is C=C(CNC(=O)O)C(F)(F)Oc1ccc2nc(CCCC)oc2c1. The number of nitrogens with zero attached hydrogens (tertiary/aromatic N) is 1. The summed E-state index contributed by atoms with van der Waals surface area (Å²) in [5.74, 6) is 0.424. The summed E-state index contributed by atoms with van der Waals surface area (Å²) in [7, 11) is 0. The molecule has 0 saturated heterocycles. The number of carbonyl (C=O) groups is 1. The van der Waals surface area contributed by atoms with Crippen molar-refractivity contribution >= 4 is 17.2 Å². The number of carboxylic acid groups (broad SMARTS) is 1. The first-order valence-corrected chi connectivity index (χ1v) is 7.43. The maximum absolute atomic E-state index is 13.9. The predicted molar refractivity (Wildman–Crippen MR) is 83.4 cm³/mol. The fraction of sp³-hybridized carbons (Fsp3) is 0.375. The molecule has 2 aromatic rings. The minimum absolute atomic E-state index is 0.123. The zero-order valence-electron chi connectivity index (χ0n) is 13.1. The number of alkyl halides is 2. The molecular formula is C16H18F2N2O4. The van der Waals surface area contributed by atoms with E-state index in [0.717, 1.165) is 12.8 Å². The Bertz CT molecular complexity index is 743. The molecule has 0 bridgehead atoms. The molecule has 1 amide bonds. The van der Waals surface area contributed by atoms with Crippen LogP contribution in [-0.4, -0.2) is 28.8 Å². The van der Waals surface area contributed by atoms with Crippen LogP contribution in [0.25, 0.3) is 11.1 Å². The van der Waals surface area contributed by atoms with Crippen LogP contribution < -0.4 is 10.1 Å². The van der Waals surface area contributed by atoms with Crippen molar-refractivity contribution in [2.24, 2.45) is 0 Å². The molecule has 0 spiro atoms. The van der Waals surface area contributed by atoms with Crippen LogP contribution in [-0.2, 0) is 6.42 Å². The number of hydrogen-bond acceptors (Lipinski definition) is 4. The number of halogens is 2. The molecule has 0 fully saturated rings. The second-order valence-electron chi connectivity index (χ2n) is 5.22. The number of unbranched alkanes of at least 4 members (excludes halogenated alkanes) is 1. The Kier molecular flexibility index (Phi) is 5.38. The predicted octanol–water partition coefficient (Wildman–Crippen LogP) is 3.97. The van der Waals surface area contributed by atoms with E-state index in [4.69, 9.17) is 9.52 Å². The quantitative estimate of drug-likeness (QED) is 0.710. The van der Waals surface area contributed by atoms with Crippen molar-refractivity contribution in [2.75, 3.05) is 6.54 Å². The topological polar surface area (TPSA) is 84.6 Å². The van der Waals surface area contributed by atoms with E-state index >= 15 is 0 Å². The van der Waals surface area contributed by atoms with Gasteiger partial charge in [0.25, 0.3) is 0 Å². The largest absolute Gasteiger partial charge is 0.465 e. The van der Waals surface area contributed by atoms with Crippen LogP contribution in [0.3, 0.4) is 0 Å². The Hall–Kier alpha value is -2.64. The molecule has 0 aliphatic carbocycles. The smallest absolute Gasteiger partial charge is 0.424 e. The standard InChI is InChI=1S/C16H18F2N2O4/c1-3-4-5-14-20-12-7-6-11(8-13(12)23-14)24-16(17,18)10(2)9-19-15(21)22/h6-8,19H,2-5,9H2,1H3,(H,21,22). The van der Waals surface area contributed by atoms with E-state index in [9.17, 15) is 13.6 Å². The fourth-order valence-corrected chi connectivity index (χ4v) is 1.96. The Labute approximate surface area is 137 Å². The minimum atomic E-state index is -3.72. The van der Waals surface area contributed by atoms with Gasteiger partial charge in [-0.05, 0) is 18.6 Å². The summed E-state index contributed by atoms with van der Waals surface area (Å²) in [5, 5.41) is 10.3. The molecule has 0 aliphatic rings. The Morgan fingerprint density at radius 2 is 2.25 bits per heavy atom. The lowest BCUT2D eigenvalue weighted by Crippen LogP contribution is -2.34. The number of ether oxygens (including phenoxy) is 1. The van der Waals surface area contributed by atoms with Gasteiger partial charge in [-0.25, -0.2) is 9.78 Å². The first kappa shape index (κ1) is 17.7. The first-order chi connectivity index (χ1) is 11.3. The summed E-state index contributed by atoms with van der Waals surface area (Å²) in [5.41, 5.74) is 0.206. The summed E-state index contributed by atoms with van der Waals surface area (Å²) >= 11 is 0. The fourth-order valence-electron chi connectivity index (χ4n) is 1.96. The van der Waals surface area contributed by atoms with Crippen molar-refractivity contribution < 1.29 is 27.8 Å². The van der Waals surface area contributed by atoms with E-state index in [0.29, 0.717) is 23.4 Å². The molecule has 130 valence electrons. The van der Waals surface area contributed by atoms with Gasteiger partial charge in [0.2, 0.25) is 0 Å². The maximum atomic E-state index is 13.9. The van der Waals surface area contributed by atoms with E-state index < -0.39 is 24.3 Å². The second-order valence-corrected chi connectivity index (χ2v) is 5.22. The number of rotatable bonds is 8. The molecule has 1 aromatic carbocycles. The van der Waals surface area contributed by atoms with Crippen LogP contribution in [0.1, 0.15) is 25.7 Å². The van der Waals surface area contributed by atoms with Crippen LogP contribution in [0, 0.1) is 0 Å². The summed E-state index contributed by atoms with van der Waals surface area (Å²) in [6, 6.07) is 4.20. The van der Waals surface area contributed by atoms with Gasteiger partial charge < -0.3 is 19.6 Å². The van der Waals surface area contributed by atoms with Crippen molar-refractivity contribution in [3.8, 4) is 5.75 Å². The number of aromatic nitrogens is 1. The molecule has 0 radical (unpaired) electrons. The van der Waals surface area contributed by atoms with E-state index in [1.807, 2.05) is 12.2 Å². The second kappa shape index (κ2) is 7.29. The number of oxazole rings is 1. The van der Waals surface area contributed by atoms with Gasteiger partial charge in [-0.2, -0.15) is 8.78 Å². The molecule has 24 heavy (non-hydrogen) atoms. The Morgan fingerprint density at radius 1 is 1.50 bits per heavy atom. The molecule has 0 saturated carbocycles. The van der Waals surface area contributed by atoms with Gasteiger partial charge in [0.15, 0.2) is 11.5 Å². The average molecular weight is 340 g/mol. The number of hydrogen-bond donors (Lipinski definition) is 2. The number of benzene rings is 1. The van der Waals surface area contributed by atoms with Crippen LogP contribution in [0.4, 0.5) is 13.6 Å². The van der Waals surface area contributed by atoms with Crippen molar-refractivity contribution in [2.45, 2.75) is 32.3 Å². The summed E-state index contributed by atoms with van der Waals surface area (Å²) in [6.07, 6.45) is -2.55. The van der Waals surface area contributed by atoms with Crippen LogP contribution in [0.2, 0.25) is 0 Å². The van der Waals surface area contributed by atoms with Crippen molar-refractivity contribution in [3.05, 3.63) is 36.2 Å². The highest BCUT2D eigenvalue weighted by Gasteiger charge is 2.36. The van der Waals surface area contributed by atoms with Gasteiger partial charge in [0, 0.05) is 12.5 Å². The highest BCUT2D eigenvalue weighted by molar-refractivity contribution is 5.74. The molecule has 0 unspecified atom stereocenters. The normalized spacial score (nSPS) is 11.5. The zero-order valence-corrected chi connectivity index (χ0v) is 13.1. The molecule has 6 nitrogen and oxygen atoms in total. The van der Waals surface area contributed by atoms with Crippen LogP contribution in [0.5, 0.6) is 5.75 Å².